The lowest BCUT2D eigenvalue weighted by Crippen LogP contribution is -2.51. The van der Waals surface area contributed by atoms with E-state index in [0.29, 0.717) is 18.3 Å². The van der Waals surface area contributed by atoms with Crippen LogP contribution < -0.4 is 0 Å². The molecule has 0 radical (unpaired) electrons. The van der Waals surface area contributed by atoms with Crippen LogP contribution in [-0.2, 0) is 4.79 Å². The predicted octanol–water partition coefficient (Wildman–Crippen LogP) is 1.54. The second kappa shape index (κ2) is 6.68. The normalized spacial score (nSPS) is 19.2. The van der Waals surface area contributed by atoms with Gasteiger partial charge in [-0.25, -0.2) is 0 Å². The molecule has 126 valence electrons. The second-order valence-electron chi connectivity index (χ2n) is 6.53. The van der Waals surface area contributed by atoms with Crippen molar-refractivity contribution in [3.63, 3.8) is 0 Å². The number of aromatic nitrogens is 3. The lowest BCUT2D eigenvalue weighted by atomic mass is 10.00. The van der Waals surface area contributed by atoms with Crippen molar-refractivity contribution in [3.05, 3.63) is 30.4 Å². The Morgan fingerprint density at radius 1 is 1.25 bits per heavy atom. The number of amides is 1. The first kappa shape index (κ1) is 15.3. The van der Waals surface area contributed by atoms with E-state index >= 15 is 0 Å². The Hall–Kier alpha value is -2.28. The van der Waals surface area contributed by atoms with Gasteiger partial charge in [0.2, 0.25) is 17.6 Å². The Bertz CT molecular complexity index is 690. The SMILES string of the molecule is O=C(CN1CC(c2nc(-c3cccnc3)no2)C1)N1CCCCC1. The minimum Gasteiger partial charge on any atom is -0.342 e. The number of likely N-dealkylation sites (tertiary alicyclic amines) is 2. The monoisotopic (exact) mass is 327 g/mol. The van der Waals surface area contributed by atoms with Crippen LogP contribution in [-0.4, -0.2) is 63.6 Å². The quantitative estimate of drug-likeness (QED) is 0.848. The van der Waals surface area contributed by atoms with E-state index in [0.717, 1.165) is 44.6 Å². The topological polar surface area (TPSA) is 75.4 Å². The maximum absolute atomic E-state index is 12.3. The van der Waals surface area contributed by atoms with Crippen molar-refractivity contribution >= 4 is 5.91 Å². The summed E-state index contributed by atoms with van der Waals surface area (Å²) in [7, 11) is 0. The van der Waals surface area contributed by atoms with Crippen molar-refractivity contribution in [2.24, 2.45) is 0 Å². The van der Waals surface area contributed by atoms with E-state index in [1.807, 2.05) is 17.0 Å². The Balaban J connectivity index is 1.30. The smallest absolute Gasteiger partial charge is 0.236 e. The largest absolute Gasteiger partial charge is 0.342 e. The van der Waals surface area contributed by atoms with Crippen LogP contribution in [0.4, 0.5) is 0 Å². The van der Waals surface area contributed by atoms with Crippen LogP contribution in [0.15, 0.2) is 29.0 Å². The third-order valence-electron chi connectivity index (χ3n) is 4.74. The molecule has 0 spiro atoms. The highest BCUT2D eigenvalue weighted by atomic mass is 16.5. The fourth-order valence-electron chi connectivity index (χ4n) is 3.30. The summed E-state index contributed by atoms with van der Waals surface area (Å²) in [6, 6.07) is 3.76. The van der Waals surface area contributed by atoms with Gasteiger partial charge in [0, 0.05) is 44.1 Å². The van der Waals surface area contributed by atoms with Gasteiger partial charge in [-0.1, -0.05) is 5.16 Å². The van der Waals surface area contributed by atoms with Gasteiger partial charge in [-0.2, -0.15) is 4.98 Å². The Morgan fingerprint density at radius 2 is 2.08 bits per heavy atom. The second-order valence-corrected chi connectivity index (χ2v) is 6.53. The van der Waals surface area contributed by atoms with Crippen LogP contribution in [0.1, 0.15) is 31.1 Å². The fraction of sp³-hybridized carbons (Fsp3) is 0.529. The van der Waals surface area contributed by atoms with Crippen molar-refractivity contribution in [2.75, 3.05) is 32.7 Å². The third kappa shape index (κ3) is 3.17. The van der Waals surface area contributed by atoms with Gasteiger partial charge in [0.15, 0.2) is 0 Å². The molecule has 2 aromatic rings. The molecule has 2 aromatic heterocycles. The molecule has 4 heterocycles. The number of carbonyl (C=O) groups is 1. The van der Waals surface area contributed by atoms with Crippen LogP contribution in [0.3, 0.4) is 0 Å². The van der Waals surface area contributed by atoms with Crippen molar-refractivity contribution in [3.8, 4) is 11.4 Å². The predicted molar refractivity (Wildman–Crippen MR) is 87.1 cm³/mol. The first-order valence-corrected chi connectivity index (χ1v) is 8.54. The summed E-state index contributed by atoms with van der Waals surface area (Å²) < 4.78 is 5.38. The van der Waals surface area contributed by atoms with E-state index in [1.54, 1.807) is 12.4 Å². The Labute approximate surface area is 140 Å². The highest BCUT2D eigenvalue weighted by Gasteiger charge is 2.34. The molecule has 24 heavy (non-hydrogen) atoms. The highest BCUT2D eigenvalue weighted by Crippen LogP contribution is 2.27. The lowest BCUT2D eigenvalue weighted by Gasteiger charge is -2.38. The average Bonchev–Trinajstić information content (AvgIpc) is 3.08. The Kier molecular flexibility index (Phi) is 4.25. The molecule has 7 nitrogen and oxygen atoms in total. The number of hydrogen-bond acceptors (Lipinski definition) is 6. The van der Waals surface area contributed by atoms with Gasteiger partial charge in [-0.15, -0.1) is 0 Å². The molecule has 2 aliphatic rings. The summed E-state index contributed by atoms with van der Waals surface area (Å²) in [5.41, 5.74) is 0.851. The van der Waals surface area contributed by atoms with Gasteiger partial charge < -0.3 is 9.42 Å². The van der Waals surface area contributed by atoms with E-state index in [2.05, 4.69) is 20.0 Å². The third-order valence-corrected chi connectivity index (χ3v) is 4.74. The molecular weight excluding hydrogens is 306 g/mol. The van der Waals surface area contributed by atoms with Gasteiger partial charge in [0.1, 0.15) is 0 Å². The number of carbonyl (C=O) groups excluding carboxylic acids is 1. The summed E-state index contributed by atoms with van der Waals surface area (Å²) in [4.78, 5) is 24.9. The zero-order chi connectivity index (χ0) is 16.4. The molecule has 0 N–H and O–H groups in total. The molecule has 2 saturated heterocycles. The minimum absolute atomic E-state index is 0.220. The summed E-state index contributed by atoms with van der Waals surface area (Å²) in [6.45, 7) is 3.92. The standard InChI is InChI=1S/C17H21N5O2/c23-15(22-7-2-1-3-8-22)12-21-10-14(11-21)17-19-16(20-24-17)13-5-4-6-18-9-13/h4-6,9,14H,1-3,7-8,10-12H2. The molecule has 2 aliphatic heterocycles. The summed E-state index contributed by atoms with van der Waals surface area (Å²) in [6.07, 6.45) is 6.94. The van der Waals surface area contributed by atoms with E-state index in [-0.39, 0.29) is 11.8 Å². The zero-order valence-electron chi connectivity index (χ0n) is 13.6. The molecule has 4 rings (SSSR count). The molecule has 0 unspecified atom stereocenters. The molecule has 7 heteroatoms. The van der Waals surface area contributed by atoms with Gasteiger partial charge in [0.05, 0.1) is 12.5 Å². The first-order chi connectivity index (χ1) is 11.8. The molecule has 1 amide bonds. The van der Waals surface area contributed by atoms with Crippen molar-refractivity contribution in [2.45, 2.75) is 25.2 Å². The van der Waals surface area contributed by atoms with Crippen LogP contribution in [0.25, 0.3) is 11.4 Å². The molecular formula is C17H21N5O2. The molecule has 0 atom stereocenters. The number of piperidine rings is 1. The summed E-state index contributed by atoms with van der Waals surface area (Å²) >= 11 is 0. The van der Waals surface area contributed by atoms with Crippen LogP contribution in [0.5, 0.6) is 0 Å². The van der Waals surface area contributed by atoms with Gasteiger partial charge >= 0.3 is 0 Å². The van der Waals surface area contributed by atoms with Gasteiger partial charge in [-0.05, 0) is 31.4 Å². The molecule has 0 saturated carbocycles. The summed E-state index contributed by atoms with van der Waals surface area (Å²) in [5, 5.41) is 4.03. The molecule has 2 fully saturated rings. The molecule has 0 bridgehead atoms. The average molecular weight is 327 g/mol. The summed E-state index contributed by atoms with van der Waals surface area (Å²) in [5.74, 6) is 1.68. The van der Waals surface area contributed by atoms with E-state index in [1.165, 1.54) is 6.42 Å². The van der Waals surface area contributed by atoms with Crippen LogP contribution >= 0.6 is 0 Å². The van der Waals surface area contributed by atoms with Crippen molar-refractivity contribution in [1.82, 2.24) is 24.9 Å². The van der Waals surface area contributed by atoms with E-state index in [4.69, 9.17) is 4.52 Å². The van der Waals surface area contributed by atoms with Gasteiger partial charge in [-0.3, -0.25) is 14.7 Å². The van der Waals surface area contributed by atoms with E-state index in [9.17, 15) is 4.79 Å². The van der Waals surface area contributed by atoms with Crippen molar-refractivity contribution in [1.29, 1.82) is 0 Å². The zero-order valence-corrected chi connectivity index (χ0v) is 13.6. The maximum atomic E-state index is 12.3. The molecule has 0 aromatic carbocycles. The van der Waals surface area contributed by atoms with Crippen LogP contribution in [0, 0.1) is 0 Å². The van der Waals surface area contributed by atoms with E-state index < -0.39 is 0 Å². The number of pyridine rings is 1. The number of nitrogens with zero attached hydrogens (tertiary/aromatic N) is 5. The number of rotatable bonds is 4. The molecule has 0 aliphatic carbocycles. The Morgan fingerprint density at radius 3 is 2.83 bits per heavy atom. The van der Waals surface area contributed by atoms with Crippen molar-refractivity contribution < 1.29 is 9.32 Å². The minimum atomic E-state index is 0.220. The lowest BCUT2D eigenvalue weighted by molar-refractivity contribution is -0.134. The first-order valence-electron chi connectivity index (χ1n) is 8.54. The highest BCUT2D eigenvalue weighted by molar-refractivity contribution is 5.78. The maximum Gasteiger partial charge on any atom is 0.236 e. The van der Waals surface area contributed by atoms with Crippen LogP contribution in [0.2, 0.25) is 0 Å². The number of hydrogen-bond donors (Lipinski definition) is 0. The van der Waals surface area contributed by atoms with Gasteiger partial charge in [0.25, 0.3) is 0 Å². The fourth-order valence-corrected chi connectivity index (χ4v) is 3.30.